The lowest BCUT2D eigenvalue weighted by atomic mass is 10.1. The fourth-order valence-electron chi connectivity index (χ4n) is 1.31. The number of methoxy groups -OCH3 is 1. The number of hydrogen-bond acceptors (Lipinski definition) is 5. The first-order valence-electron chi connectivity index (χ1n) is 4.40. The number of phenols is 1. The van der Waals surface area contributed by atoms with E-state index in [9.17, 15) is 18.3 Å². The first-order valence-corrected chi connectivity index (χ1v) is 6.29. The predicted molar refractivity (Wildman–Crippen MR) is 57.3 cm³/mol. The van der Waals surface area contributed by atoms with E-state index in [0.717, 1.165) is 6.26 Å². The molecule has 0 fully saturated rings. The fourth-order valence-corrected chi connectivity index (χ4v) is 2.13. The SMILES string of the molecule is COC(=O)c1ccc(S(C)(=O)=O)c(O)c1C. The van der Waals surface area contributed by atoms with E-state index in [0.29, 0.717) is 0 Å². The van der Waals surface area contributed by atoms with Gasteiger partial charge in [0.25, 0.3) is 0 Å². The van der Waals surface area contributed by atoms with Crippen molar-refractivity contribution in [1.29, 1.82) is 0 Å². The Morgan fingerprint density at radius 3 is 2.38 bits per heavy atom. The fraction of sp³-hybridized carbons (Fsp3) is 0.300. The van der Waals surface area contributed by atoms with Crippen LogP contribution in [-0.4, -0.2) is 32.9 Å². The average Bonchev–Trinajstić information content (AvgIpc) is 2.19. The Labute approximate surface area is 93.6 Å². The Morgan fingerprint density at radius 2 is 1.94 bits per heavy atom. The molecule has 0 spiro atoms. The van der Waals surface area contributed by atoms with Gasteiger partial charge in [0.05, 0.1) is 12.7 Å². The van der Waals surface area contributed by atoms with Gasteiger partial charge in [-0.05, 0) is 19.1 Å². The van der Waals surface area contributed by atoms with Crippen LogP contribution in [0.5, 0.6) is 5.75 Å². The minimum absolute atomic E-state index is 0.146. The lowest BCUT2D eigenvalue weighted by molar-refractivity contribution is 0.0599. The van der Waals surface area contributed by atoms with Gasteiger partial charge in [-0.3, -0.25) is 0 Å². The van der Waals surface area contributed by atoms with Crippen molar-refractivity contribution < 1.29 is 23.1 Å². The van der Waals surface area contributed by atoms with E-state index in [4.69, 9.17) is 0 Å². The Balaban J connectivity index is 3.47. The molecule has 0 aliphatic rings. The second-order valence-electron chi connectivity index (χ2n) is 3.35. The third-order valence-electron chi connectivity index (χ3n) is 2.20. The van der Waals surface area contributed by atoms with Crippen LogP contribution in [0.4, 0.5) is 0 Å². The van der Waals surface area contributed by atoms with Crippen LogP contribution >= 0.6 is 0 Å². The van der Waals surface area contributed by atoms with Gasteiger partial charge in [0.2, 0.25) is 0 Å². The highest BCUT2D eigenvalue weighted by Gasteiger charge is 2.19. The van der Waals surface area contributed by atoms with Gasteiger partial charge in [-0.25, -0.2) is 13.2 Å². The van der Waals surface area contributed by atoms with Gasteiger partial charge in [-0.1, -0.05) is 0 Å². The molecule has 1 aromatic rings. The van der Waals surface area contributed by atoms with Crippen molar-refractivity contribution in [3.05, 3.63) is 23.3 Å². The molecule has 88 valence electrons. The summed E-state index contributed by atoms with van der Waals surface area (Å²) in [4.78, 5) is 11.1. The van der Waals surface area contributed by atoms with E-state index >= 15 is 0 Å². The highest BCUT2D eigenvalue weighted by atomic mass is 32.2. The minimum Gasteiger partial charge on any atom is -0.506 e. The maximum Gasteiger partial charge on any atom is 0.338 e. The molecule has 6 heteroatoms. The molecule has 0 aromatic heterocycles. The number of carbonyl (C=O) groups excluding carboxylic acids is 1. The number of carbonyl (C=O) groups is 1. The van der Waals surface area contributed by atoms with Crippen molar-refractivity contribution >= 4 is 15.8 Å². The molecule has 1 rings (SSSR count). The van der Waals surface area contributed by atoms with Crippen LogP contribution in [0.1, 0.15) is 15.9 Å². The highest BCUT2D eigenvalue weighted by molar-refractivity contribution is 7.90. The van der Waals surface area contributed by atoms with E-state index < -0.39 is 21.6 Å². The molecule has 16 heavy (non-hydrogen) atoms. The Hall–Kier alpha value is -1.56. The van der Waals surface area contributed by atoms with Crippen LogP contribution in [0, 0.1) is 6.92 Å². The summed E-state index contributed by atoms with van der Waals surface area (Å²) in [5.74, 6) is -1.03. The smallest absolute Gasteiger partial charge is 0.338 e. The molecule has 5 nitrogen and oxygen atoms in total. The number of aromatic hydroxyl groups is 1. The number of rotatable bonds is 2. The Bertz CT molecular complexity index is 530. The summed E-state index contributed by atoms with van der Waals surface area (Å²) >= 11 is 0. The summed E-state index contributed by atoms with van der Waals surface area (Å²) < 4.78 is 27.1. The van der Waals surface area contributed by atoms with Gasteiger partial charge in [-0.2, -0.15) is 0 Å². The number of benzene rings is 1. The van der Waals surface area contributed by atoms with Crippen molar-refractivity contribution in [1.82, 2.24) is 0 Å². The molecule has 0 unspecified atom stereocenters. The van der Waals surface area contributed by atoms with Crippen molar-refractivity contribution in [2.75, 3.05) is 13.4 Å². The van der Waals surface area contributed by atoms with Crippen molar-refractivity contribution in [2.24, 2.45) is 0 Å². The van der Waals surface area contributed by atoms with E-state index in [2.05, 4.69) is 4.74 Å². The largest absolute Gasteiger partial charge is 0.506 e. The normalized spacial score (nSPS) is 11.2. The summed E-state index contributed by atoms with van der Waals surface area (Å²) in [6, 6.07) is 2.50. The zero-order valence-electron chi connectivity index (χ0n) is 9.14. The molecule has 0 amide bonds. The molecule has 0 bridgehead atoms. The molecule has 0 saturated carbocycles. The molecule has 0 aliphatic heterocycles. The van der Waals surface area contributed by atoms with Gasteiger partial charge in [-0.15, -0.1) is 0 Å². The maximum absolute atomic E-state index is 11.3. The predicted octanol–water partition coefficient (Wildman–Crippen LogP) is 0.891. The van der Waals surface area contributed by atoms with E-state index in [-0.39, 0.29) is 16.0 Å². The summed E-state index contributed by atoms with van der Waals surface area (Å²) in [7, 11) is -2.30. The monoisotopic (exact) mass is 244 g/mol. The lowest BCUT2D eigenvalue weighted by Gasteiger charge is -2.09. The Morgan fingerprint density at radius 1 is 1.38 bits per heavy atom. The van der Waals surface area contributed by atoms with E-state index in [1.807, 2.05) is 0 Å². The second-order valence-corrected chi connectivity index (χ2v) is 5.33. The minimum atomic E-state index is -3.51. The van der Waals surface area contributed by atoms with Crippen LogP contribution in [0.15, 0.2) is 17.0 Å². The number of hydrogen-bond donors (Lipinski definition) is 1. The maximum atomic E-state index is 11.3. The molecule has 0 radical (unpaired) electrons. The van der Waals surface area contributed by atoms with E-state index in [1.54, 1.807) is 0 Å². The molecule has 0 aliphatic carbocycles. The zero-order chi connectivity index (χ0) is 12.5. The second kappa shape index (κ2) is 4.13. The Kier molecular flexibility index (Phi) is 3.23. The summed E-state index contributed by atoms with van der Waals surface area (Å²) in [6.45, 7) is 1.45. The third-order valence-corrected chi connectivity index (χ3v) is 3.33. The van der Waals surface area contributed by atoms with Crippen LogP contribution in [-0.2, 0) is 14.6 Å². The molecular formula is C10H12O5S. The number of sulfone groups is 1. The number of phenolic OH excluding ortho intramolecular Hbond substituents is 1. The molecule has 0 atom stereocenters. The van der Waals surface area contributed by atoms with Crippen molar-refractivity contribution in [2.45, 2.75) is 11.8 Å². The first-order chi connectivity index (χ1) is 7.29. The summed E-state index contributed by atoms with van der Waals surface area (Å²) in [5, 5.41) is 9.67. The summed E-state index contributed by atoms with van der Waals surface area (Å²) in [5.41, 5.74) is 0.335. The topological polar surface area (TPSA) is 80.7 Å². The molecule has 0 saturated heterocycles. The number of esters is 1. The van der Waals surface area contributed by atoms with Gasteiger partial charge in [0, 0.05) is 11.8 Å². The number of ether oxygens (including phenoxy) is 1. The van der Waals surface area contributed by atoms with Gasteiger partial charge in [0.15, 0.2) is 9.84 Å². The molecule has 1 aromatic carbocycles. The zero-order valence-corrected chi connectivity index (χ0v) is 9.96. The van der Waals surface area contributed by atoms with Crippen LogP contribution in [0.2, 0.25) is 0 Å². The van der Waals surface area contributed by atoms with E-state index in [1.165, 1.54) is 26.2 Å². The standard InChI is InChI=1S/C10H12O5S/c1-6-7(10(12)15-2)4-5-8(9(6)11)16(3,13)14/h4-5,11H,1-3H3. The van der Waals surface area contributed by atoms with Gasteiger partial charge >= 0.3 is 5.97 Å². The average molecular weight is 244 g/mol. The van der Waals surface area contributed by atoms with Gasteiger partial charge < -0.3 is 9.84 Å². The quantitative estimate of drug-likeness (QED) is 0.781. The highest BCUT2D eigenvalue weighted by Crippen LogP contribution is 2.29. The van der Waals surface area contributed by atoms with Crippen LogP contribution in [0.25, 0.3) is 0 Å². The van der Waals surface area contributed by atoms with Gasteiger partial charge in [0.1, 0.15) is 10.6 Å². The van der Waals surface area contributed by atoms with Crippen LogP contribution in [0.3, 0.4) is 0 Å². The van der Waals surface area contributed by atoms with Crippen molar-refractivity contribution in [3.8, 4) is 5.75 Å². The lowest BCUT2D eigenvalue weighted by Crippen LogP contribution is -2.06. The molecule has 1 N–H and O–H groups in total. The third kappa shape index (κ3) is 2.16. The first kappa shape index (κ1) is 12.5. The molecular weight excluding hydrogens is 232 g/mol. The molecule has 0 heterocycles. The van der Waals surface area contributed by atoms with Crippen molar-refractivity contribution in [3.63, 3.8) is 0 Å². The summed E-state index contributed by atoms with van der Waals surface area (Å²) in [6.07, 6.45) is 0.985. The van der Waals surface area contributed by atoms with Crippen LogP contribution < -0.4 is 0 Å².